The molecule has 4 nitrogen and oxygen atoms in total. The number of rotatable bonds is 4. The number of allylic oxidation sites excluding steroid dienone is 1. The monoisotopic (exact) mass is 226 g/mol. The number of esters is 2. The van der Waals surface area contributed by atoms with Crippen LogP contribution < -0.4 is 0 Å². The van der Waals surface area contributed by atoms with Gasteiger partial charge in [-0.1, -0.05) is 26.0 Å². The van der Waals surface area contributed by atoms with Crippen LogP contribution in [0.2, 0.25) is 0 Å². The largest absolute Gasteiger partial charge is 0.466 e. The van der Waals surface area contributed by atoms with Crippen LogP contribution in [-0.2, 0) is 19.1 Å². The van der Waals surface area contributed by atoms with Gasteiger partial charge in [0.15, 0.2) is 0 Å². The van der Waals surface area contributed by atoms with Crippen LogP contribution in [0.4, 0.5) is 0 Å². The van der Waals surface area contributed by atoms with Gasteiger partial charge in [-0.25, -0.2) is 9.59 Å². The first-order valence-corrected chi connectivity index (χ1v) is 4.81. The summed E-state index contributed by atoms with van der Waals surface area (Å²) in [6, 6.07) is 0. The summed E-state index contributed by atoms with van der Waals surface area (Å²) in [5.74, 6) is -1.15. The van der Waals surface area contributed by atoms with Gasteiger partial charge in [0.1, 0.15) is 0 Å². The summed E-state index contributed by atoms with van der Waals surface area (Å²) in [7, 11) is 2.52. The van der Waals surface area contributed by atoms with Crippen molar-refractivity contribution in [2.45, 2.75) is 20.8 Å². The minimum absolute atomic E-state index is 0.231. The Morgan fingerprint density at radius 2 is 1.69 bits per heavy atom. The van der Waals surface area contributed by atoms with Gasteiger partial charge >= 0.3 is 11.9 Å². The first kappa shape index (κ1) is 14.4. The maximum Gasteiger partial charge on any atom is 0.334 e. The third kappa shape index (κ3) is 3.22. The molecule has 0 bridgehead atoms. The zero-order valence-electron chi connectivity index (χ0n) is 10.4. The minimum atomic E-state index is -0.638. The van der Waals surface area contributed by atoms with Gasteiger partial charge in [0, 0.05) is 11.5 Å². The van der Waals surface area contributed by atoms with Crippen LogP contribution in [0.3, 0.4) is 0 Å². The van der Waals surface area contributed by atoms with Crippen LogP contribution in [0.1, 0.15) is 20.8 Å². The molecular weight excluding hydrogens is 208 g/mol. The van der Waals surface area contributed by atoms with Crippen molar-refractivity contribution in [2.75, 3.05) is 14.2 Å². The molecule has 0 spiro atoms. The molecule has 0 aromatic carbocycles. The van der Waals surface area contributed by atoms with E-state index in [4.69, 9.17) is 0 Å². The molecule has 0 aromatic rings. The number of hydrogen-bond donors (Lipinski definition) is 0. The number of methoxy groups -OCH3 is 2. The molecule has 0 heterocycles. The van der Waals surface area contributed by atoms with Crippen molar-refractivity contribution in [2.24, 2.45) is 5.41 Å². The summed E-state index contributed by atoms with van der Waals surface area (Å²) in [6.07, 6.45) is 1.14. The molecule has 0 atom stereocenters. The van der Waals surface area contributed by atoms with E-state index in [9.17, 15) is 9.59 Å². The third-order valence-corrected chi connectivity index (χ3v) is 2.61. The highest BCUT2D eigenvalue weighted by Crippen LogP contribution is 2.34. The van der Waals surface area contributed by atoms with Gasteiger partial charge < -0.3 is 9.47 Å². The van der Waals surface area contributed by atoms with E-state index in [0.29, 0.717) is 0 Å². The molecule has 0 radical (unpaired) electrons. The molecule has 0 N–H and O–H groups in total. The Morgan fingerprint density at radius 3 is 2.00 bits per heavy atom. The van der Waals surface area contributed by atoms with Crippen molar-refractivity contribution >= 4 is 11.9 Å². The highest BCUT2D eigenvalue weighted by Gasteiger charge is 2.31. The highest BCUT2D eigenvalue weighted by atomic mass is 16.5. The van der Waals surface area contributed by atoms with E-state index in [1.807, 2.05) is 0 Å². The second kappa shape index (κ2) is 5.49. The van der Waals surface area contributed by atoms with Crippen LogP contribution in [0, 0.1) is 5.41 Å². The second-order valence-electron chi connectivity index (χ2n) is 3.98. The first-order chi connectivity index (χ1) is 7.27. The molecule has 0 saturated carbocycles. The Kier molecular flexibility index (Phi) is 4.95. The van der Waals surface area contributed by atoms with E-state index in [0.717, 1.165) is 11.6 Å². The van der Waals surface area contributed by atoms with Crippen molar-refractivity contribution in [1.82, 2.24) is 0 Å². The predicted molar refractivity (Wildman–Crippen MR) is 60.7 cm³/mol. The summed E-state index contributed by atoms with van der Waals surface area (Å²) in [6.45, 7) is 9.17. The maximum atomic E-state index is 11.6. The fourth-order valence-corrected chi connectivity index (χ4v) is 1.01. The Bertz CT molecular complexity index is 337. The quantitative estimate of drug-likeness (QED) is 0.417. The van der Waals surface area contributed by atoms with Gasteiger partial charge in [0.2, 0.25) is 0 Å². The molecule has 0 saturated heterocycles. The zero-order valence-corrected chi connectivity index (χ0v) is 10.4. The van der Waals surface area contributed by atoms with Crippen molar-refractivity contribution < 1.29 is 19.1 Å². The number of carbonyl (C=O) groups excluding carboxylic acids is 2. The van der Waals surface area contributed by atoms with Crippen LogP contribution >= 0.6 is 0 Å². The zero-order chi connectivity index (χ0) is 12.9. The van der Waals surface area contributed by atoms with Crippen LogP contribution in [-0.4, -0.2) is 26.2 Å². The van der Waals surface area contributed by atoms with Gasteiger partial charge in [0.25, 0.3) is 0 Å². The first-order valence-electron chi connectivity index (χ1n) is 4.81. The lowest BCUT2D eigenvalue weighted by molar-refractivity contribution is -0.139. The molecule has 0 aliphatic carbocycles. The summed E-state index contributed by atoms with van der Waals surface area (Å²) < 4.78 is 9.14. The number of ether oxygens (including phenoxy) is 2. The summed E-state index contributed by atoms with van der Waals surface area (Å²) in [4.78, 5) is 22.8. The van der Waals surface area contributed by atoms with E-state index < -0.39 is 17.4 Å². The van der Waals surface area contributed by atoms with Gasteiger partial charge in [-0.3, -0.25) is 0 Å². The topological polar surface area (TPSA) is 52.6 Å². The summed E-state index contributed by atoms with van der Waals surface area (Å²) >= 11 is 0. The third-order valence-electron chi connectivity index (χ3n) is 2.61. The lowest BCUT2D eigenvalue weighted by Gasteiger charge is -2.26. The Morgan fingerprint density at radius 1 is 1.19 bits per heavy atom. The SMILES string of the molecule is C=C(C)C(C)(C)/C(=C/C(=O)OC)C(=O)OC. The van der Waals surface area contributed by atoms with Crippen LogP contribution in [0.25, 0.3) is 0 Å². The van der Waals surface area contributed by atoms with Crippen LogP contribution in [0.15, 0.2) is 23.8 Å². The Hall–Kier alpha value is -1.58. The second-order valence-corrected chi connectivity index (χ2v) is 3.98. The van der Waals surface area contributed by atoms with Gasteiger partial charge in [-0.15, -0.1) is 0 Å². The average molecular weight is 226 g/mol. The molecule has 4 heteroatoms. The molecule has 0 amide bonds. The number of hydrogen-bond acceptors (Lipinski definition) is 4. The molecule has 0 aromatic heterocycles. The molecule has 16 heavy (non-hydrogen) atoms. The average Bonchev–Trinajstić information content (AvgIpc) is 2.23. The van der Waals surface area contributed by atoms with Crippen molar-refractivity contribution in [1.29, 1.82) is 0 Å². The molecular formula is C12H18O4. The Balaban J connectivity index is 5.43. The highest BCUT2D eigenvalue weighted by molar-refractivity contribution is 5.97. The van der Waals surface area contributed by atoms with E-state index >= 15 is 0 Å². The predicted octanol–water partition coefficient (Wildman–Crippen LogP) is 1.86. The van der Waals surface area contributed by atoms with E-state index in [1.165, 1.54) is 14.2 Å². The van der Waals surface area contributed by atoms with Gasteiger partial charge in [-0.05, 0) is 6.92 Å². The van der Waals surface area contributed by atoms with Gasteiger partial charge in [0.05, 0.1) is 19.8 Å². The van der Waals surface area contributed by atoms with E-state index in [1.54, 1.807) is 20.8 Å². The lowest BCUT2D eigenvalue weighted by atomic mass is 9.78. The fourth-order valence-electron chi connectivity index (χ4n) is 1.01. The summed E-state index contributed by atoms with van der Waals surface area (Å²) in [5.41, 5.74) is 0.351. The smallest absolute Gasteiger partial charge is 0.334 e. The maximum absolute atomic E-state index is 11.6. The molecule has 0 rings (SSSR count). The minimum Gasteiger partial charge on any atom is -0.466 e. The van der Waals surface area contributed by atoms with Crippen molar-refractivity contribution in [3.63, 3.8) is 0 Å². The molecule has 0 aliphatic heterocycles. The van der Waals surface area contributed by atoms with Gasteiger partial charge in [-0.2, -0.15) is 0 Å². The Labute approximate surface area is 95.9 Å². The fraction of sp³-hybridized carbons (Fsp3) is 0.500. The summed E-state index contributed by atoms with van der Waals surface area (Å²) in [5, 5.41) is 0. The van der Waals surface area contributed by atoms with E-state index in [-0.39, 0.29) is 5.57 Å². The molecule has 0 fully saturated rings. The van der Waals surface area contributed by atoms with Crippen molar-refractivity contribution in [3.8, 4) is 0 Å². The lowest BCUT2D eigenvalue weighted by Crippen LogP contribution is -2.24. The molecule has 0 aliphatic rings. The van der Waals surface area contributed by atoms with Crippen molar-refractivity contribution in [3.05, 3.63) is 23.8 Å². The standard InChI is InChI=1S/C12H18O4/c1-8(2)12(3,4)9(11(14)16-6)7-10(13)15-5/h7H,1H2,2-6H3/b9-7+. The molecule has 0 unspecified atom stereocenters. The van der Waals surface area contributed by atoms with E-state index in [2.05, 4.69) is 16.1 Å². The number of carbonyl (C=O) groups is 2. The molecule has 90 valence electrons. The van der Waals surface area contributed by atoms with Crippen LogP contribution in [0.5, 0.6) is 0 Å². The normalized spacial score (nSPS) is 11.9.